The van der Waals surface area contributed by atoms with E-state index in [1.165, 1.54) is 23.0 Å². The Morgan fingerprint density at radius 1 is 1.44 bits per heavy atom. The summed E-state index contributed by atoms with van der Waals surface area (Å²) in [6.07, 6.45) is 1.35. The predicted octanol–water partition coefficient (Wildman–Crippen LogP) is 1.64. The third-order valence-corrected chi connectivity index (χ3v) is 2.11. The molecule has 0 saturated carbocycles. The summed E-state index contributed by atoms with van der Waals surface area (Å²) in [5, 5.41) is 12.7. The molecule has 4 nitrogen and oxygen atoms in total. The van der Waals surface area contributed by atoms with Crippen molar-refractivity contribution in [1.29, 1.82) is 0 Å². The molecule has 82 valence electrons. The lowest BCUT2D eigenvalue weighted by Gasteiger charge is -2.05. The first-order chi connectivity index (χ1) is 7.66. The second-order valence-electron chi connectivity index (χ2n) is 3.28. The van der Waals surface area contributed by atoms with Gasteiger partial charge in [0.1, 0.15) is 5.82 Å². The van der Waals surface area contributed by atoms with Gasteiger partial charge < -0.3 is 5.11 Å². The molecule has 0 fully saturated rings. The van der Waals surface area contributed by atoms with Gasteiger partial charge >= 0.3 is 5.97 Å². The lowest BCUT2D eigenvalue weighted by atomic mass is 10.2. The zero-order valence-electron chi connectivity index (χ0n) is 8.30. The van der Waals surface area contributed by atoms with Crippen molar-refractivity contribution in [3.05, 3.63) is 48.0 Å². The zero-order chi connectivity index (χ0) is 11.5. The lowest BCUT2D eigenvalue weighted by Crippen LogP contribution is -2.07. The largest absolute Gasteiger partial charge is 0.481 e. The molecule has 5 heteroatoms. The van der Waals surface area contributed by atoms with Gasteiger partial charge in [-0.15, -0.1) is 0 Å². The van der Waals surface area contributed by atoms with Crippen LogP contribution in [0, 0.1) is 5.82 Å². The molecule has 0 bridgehead atoms. The van der Waals surface area contributed by atoms with E-state index in [2.05, 4.69) is 5.10 Å². The number of aliphatic carboxylic acids is 1. The fraction of sp³-hybridized carbons (Fsp3) is 0.0909. The third kappa shape index (κ3) is 2.08. The smallest absolute Gasteiger partial charge is 0.309 e. The first-order valence-corrected chi connectivity index (χ1v) is 4.67. The second-order valence-corrected chi connectivity index (χ2v) is 3.28. The summed E-state index contributed by atoms with van der Waals surface area (Å²) in [7, 11) is 0. The molecule has 1 aromatic carbocycles. The Kier molecular flexibility index (Phi) is 2.68. The molecule has 0 aliphatic rings. The van der Waals surface area contributed by atoms with Crippen molar-refractivity contribution in [3.63, 3.8) is 0 Å². The number of halogens is 1. The number of rotatable bonds is 3. The molecule has 1 N–H and O–H groups in total. The maximum Gasteiger partial charge on any atom is 0.309 e. The van der Waals surface area contributed by atoms with Crippen LogP contribution in [0.2, 0.25) is 0 Å². The summed E-state index contributed by atoms with van der Waals surface area (Å²) in [4.78, 5) is 10.6. The number of aromatic nitrogens is 2. The van der Waals surface area contributed by atoms with E-state index >= 15 is 0 Å². The highest BCUT2D eigenvalue weighted by Crippen LogP contribution is 2.12. The number of benzene rings is 1. The third-order valence-electron chi connectivity index (χ3n) is 2.11. The van der Waals surface area contributed by atoms with Crippen LogP contribution < -0.4 is 0 Å². The van der Waals surface area contributed by atoms with E-state index in [0.29, 0.717) is 11.4 Å². The molecule has 0 aliphatic heterocycles. The highest BCUT2D eigenvalue weighted by molar-refractivity contribution is 5.69. The highest BCUT2D eigenvalue weighted by atomic mass is 19.1. The molecule has 1 heterocycles. The van der Waals surface area contributed by atoms with Crippen molar-refractivity contribution < 1.29 is 14.3 Å². The van der Waals surface area contributed by atoms with Gasteiger partial charge in [-0.05, 0) is 24.3 Å². The maximum atomic E-state index is 13.0. The van der Waals surface area contributed by atoms with Crippen molar-refractivity contribution in [1.82, 2.24) is 9.78 Å². The van der Waals surface area contributed by atoms with Gasteiger partial charge in [0.2, 0.25) is 0 Å². The topological polar surface area (TPSA) is 55.1 Å². The summed E-state index contributed by atoms with van der Waals surface area (Å²) >= 11 is 0. The molecule has 0 unspecified atom stereocenters. The number of carbonyl (C=O) groups is 1. The lowest BCUT2D eigenvalue weighted by molar-refractivity contribution is -0.136. The van der Waals surface area contributed by atoms with E-state index in [-0.39, 0.29) is 12.2 Å². The fourth-order valence-corrected chi connectivity index (χ4v) is 1.46. The van der Waals surface area contributed by atoms with Gasteiger partial charge in [0, 0.05) is 6.20 Å². The van der Waals surface area contributed by atoms with Crippen LogP contribution in [0.1, 0.15) is 5.69 Å². The molecule has 16 heavy (non-hydrogen) atoms. The Morgan fingerprint density at radius 3 is 2.94 bits per heavy atom. The summed E-state index contributed by atoms with van der Waals surface area (Å²) in [5.74, 6) is -1.33. The highest BCUT2D eigenvalue weighted by Gasteiger charge is 2.08. The van der Waals surface area contributed by atoms with E-state index in [9.17, 15) is 9.18 Å². The fourth-order valence-electron chi connectivity index (χ4n) is 1.46. The minimum atomic E-state index is -0.946. The van der Waals surface area contributed by atoms with Crippen molar-refractivity contribution in [2.24, 2.45) is 0 Å². The normalized spacial score (nSPS) is 10.3. The molecule has 0 radical (unpaired) electrons. The SMILES string of the molecule is O=C(O)Cc1ccnn1-c1cccc(F)c1. The Morgan fingerprint density at radius 2 is 2.25 bits per heavy atom. The summed E-state index contributed by atoms with van der Waals surface area (Å²) < 4.78 is 14.4. The van der Waals surface area contributed by atoms with Crippen LogP contribution in [0.3, 0.4) is 0 Å². The van der Waals surface area contributed by atoms with Crippen LogP contribution in [0.25, 0.3) is 5.69 Å². The second kappa shape index (κ2) is 4.14. The van der Waals surface area contributed by atoms with Crippen LogP contribution in [0.4, 0.5) is 4.39 Å². The van der Waals surface area contributed by atoms with E-state index in [1.54, 1.807) is 18.2 Å². The molecule has 0 saturated heterocycles. The van der Waals surface area contributed by atoms with E-state index < -0.39 is 5.97 Å². The van der Waals surface area contributed by atoms with Crippen molar-refractivity contribution >= 4 is 5.97 Å². The van der Waals surface area contributed by atoms with Crippen molar-refractivity contribution in [3.8, 4) is 5.69 Å². The number of carboxylic acid groups (broad SMARTS) is 1. The van der Waals surface area contributed by atoms with Crippen molar-refractivity contribution in [2.45, 2.75) is 6.42 Å². The summed E-state index contributed by atoms with van der Waals surface area (Å²) in [6.45, 7) is 0. The average molecular weight is 220 g/mol. The van der Waals surface area contributed by atoms with Gasteiger partial charge in [0.25, 0.3) is 0 Å². The first kappa shape index (κ1) is 10.4. The van der Waals surface area contributed by atoms with Crippen LogP contribution in [0.15, 0.2) is 36.5 Å². The minimum absolute atomic E-state index is 0.142. The number of carboxylic acids is 1. The van der Waals surface area contributed by atoms with Crippen LogP contribution in [0.5, 0.6) is 0 Å². The molecule has 2 aromatic rings. The number of hydrogen-bond acceptors (Lipinski definition) is 2. The molecular formula is C11H9FN2O2. The van der Waals surface area contributed by atoms with Crippen LogP contribution >= 0.6 is 0 Å². The van der Waals surface area contributed by atoms with Gasteiger partial charge in [-0.25, -0.2) is 9.07 Å². The summed E-state index contributed by atoms with van der Waals surface area (Å²) in [5.41, 5.74) is 1.03. The van der Waals surface area contributed by atoms with E-state index in [0.717, 1.165) is 0 Å². The van der Waals surface area contributed by atoms with Gasteiger partial charge in [0.05, 0.1) is 17.8 Å². The van der Waals surface area contributed by atoms with Crippen molar-refractivity contribution in [2.75, 3.05) is 0 Å². The minimum Gasteiger partial charge on any atom is -0.481 e. The molecule has 1 aromatic heterocycles. The van der Waals surface area contributed by atoms with Gasteiger partial charge in [-0.2, -0.15) is 5.10 Å². The van der Waals surface area contributed by atoms with Gasteiger partial charge in [-0.1, -0.05) is 6.07 Å². The molecule has 0 aliphatic carbocycles. The molecule has 0 atom stereocenters. The van der Waals surface area contributed by atoms with E-state index in [4.69, 9.17) is 5.11 Å². The Bertz CT molecular complexity index is 522. The monoisotopic (exact) mass is 220 g/mol. The van der Waals surface area contributed by atoms with E-state index in [1.807, 2.05) is 0 Å². The average Bonchev–Trinajstić information content (AvgIpc) is 2.65. The Labute approximate surface area is 90.9 Å². The molecular weight excluding hydrogens is 211 g/mol. The Hall–Kier alpha value is -2.17. The molecule has 2 rings (SSSR count). The maximum absolute atomic E-state index is 13.0. The predicted molar refractivity (Wildman–Crippen MR) is 54.9 cm³/mol. The van der Waals surface area contributed by atoms with Gasteiger partial charge in [-0.3, -0.25) is 4.79 Å². The summed E-state index contributed by atoms with van der Waals surface area (Å²) in [6, 6.07) is 7.44. The van der Waals surface area contributed by atoms with Gasteiger partial charge in [0.15, 0.2) is 0 Å². The standard InChI is InChI=1S/C11H9FN2O2/c12-8-2-1-3-9(6-8)14-10(4-5-13-14)7-11(15)16/h1-6H,7H2,(H,15,16). The molecule has 0 spiro atoms. The first-order valence-electron chi connectivity index (χ1n) is 4.67. The zero-order valence-corrected chi connectivity index (χ0v) is 8.30. The van der Waals surface area contributed by atoms with Crippen LogP contribution in [-0.2, 0) is 11.2 Å². The number of nitrogens with zero attached hydrogens (tertiary/aromatic N) is 2. The number of hydrogen-bond donors (Lipinski definition) is 1. The molecule has 0 amide bonds. The van der Waals surface area contributed by atoms with Crippen LogP contribution in [-0.4, -0.2) is 20.9 Å². The quantitative estimate of drug-likeness (QED) is 0.855. The Balaban J connectivity index is 2.40.